The summed E-state index contributed by atoms with van der Waals surface area (Å²) in [7, 11) is 0. The number of hydrogen-bond acceptors (Lipinski definition) is 3. The largest absolute Gasteiger partial charge is 0.508 e. The lowest BCUT2D eigenvalue weighted by Gasteiger charge is -2.14. The maximum Gasteiger partial charge on any atom is 0.120 e. The second-order valence-corrected chi connectivity index (χ2v) is 10.2. The zero-order chi connectivity index (χ0) is 28.0. The van der Waals surface area contributed by atoms with Crippen molar-refractivity contribution in [3.05, 3.63) is 150 Å². The van der Waals surface area contributed by atoms with E-state index >= 15 is 0 Å². The molecule has 4 heteroatoms. The van der Waals surface area contributed by atoms with Crippen molar-refractivity contribution in [1.82, 2.24) is 4.57 Å². The van der Waals surface area contributed by atoms with E-state index in [0.29, 0.717) is 19.8 Å². The average Bonchev–Trinajstić information content (AvgIpc) is 3.33. The van der Waals surface area contributed by atoms with Gasteiger partial charge in [-0.15, -0.1) is 0 Å². The molecule has 0 aliphatic heterocycles. The molecule has 6 aromatic rings. The Hall–Kier alpha value is -4.96. The number of aromatic hydroxyl groups is 1. The van der Waals surface area contributed by atoms with E-state index in [2.05, 4.69) is 78.2 Å². The first-order valence-corrected chi connectivity index (χ1v) is 14.0. The van der Waals surface area contributed by atoms with Crippen LogP contribution in [0.1, 0.15) is 29.2 Å². The average molecular weight is 540 g/mol. The molecule has 0 spiro atoms. The number of benzene rings is 5. The summed E-state index contributed by atoms with van der Waals surface area (Å²) in [6, 6.07) is 42.7. The van der Waals surface area contributed by atoms with Gasteiger partial charge in [0.25, 0.3) is 0 Å². The van der Waals surface area contributed by atoms with Crippen LogP contribution in [0.25, 0.3) is 22.2 Å². The predicted molar refractivity (Wildman–Crippen MR) is 166 cm³/mol. The van der Waals surface area contributed by atoms with Crippen LogP contribution in [0.3, 0.4) is 0 Å². The van der Waals surface area contributed by atoms with Gasteiger partial charge in [0.15, 0.2) is 0 Å². The van der Waals surface area contributed by atoms with Crippen molar-refractivity contribution in [2.45, 2.75) is 33.1 Å². The lowest BCUT2D eigenvalue weighted by Crippen LogP contribution is -2.03. The highest BCUT2D eigenvalue weighted by Crippen LogP contribution is 2.37. The zero-order valence-electron chi connectivity index (χ0n) is 23.2. The minimum atomic E-state index is 0.270. The number of hydrogen-bond donors (Lipinski definition) is 1. The molecule has 6 rings (SSSR count). The highest BCUT2D eigenvalue weighted by molar-refractivity contribution is 5.93. The first-order valence-electron chi connectivity index (χ1n) is 14.0. The predicted octanol–water partition coefficient (Wildman–Crippen LogP) is 8.78. The molecule has 1 aromatic heterocycles. The summed E-state index contributed by atoms with van der Waals surface area (Å²) in [5.74, 6) is 1.97. The highest BCUT2D eigenvalue weighted by Gasteiger charge is 2.19. The summed E-state index contributed by atoms with van der Waals surface area (Å²) < 4.78 is 14.7. The Balaban J connectivity index is 1.36. The van der Waals surface area contributed by atoms with Gasteiger partial charge in [-0.05, 0) is 88.8 Å². The molecule has 0 aliphatic carbocycles. The van der Waals surface area contributed by atoms with E-state index in [9.17, 15) is 5.11 Å². The molecule has 0 radical (unpaired) electrons. The quantitative estimate of drug-likeness (QED) is 0.189. The minimum Gasteiger partial charge on any atom is -0.508 e. The van der Waals surface area contributed by atoms with Crippen molar-refractivity contribution < 1.29 is 14.6 Å². The summed E-state index contributed by atoms with van der Waals surface area (Å²) in [5, 5.41) is 11.0. The Kier molecular flexibility index (Phi) is 7.72. The standard InChI is InChI=1S/C37H33NO3/c1-2-34-35-23-33(41-26-29-11-7-4-8-12-29)21-22-36(35)38(24-27-13-17-31(39)18-14-27)37(34)30-15-19-32(20-16-30)40-25-28-9-5-3-6-10-28/h3-23,39H,2,24-26H2,1H3. The maximum atomic E-state index is 9.84. The van der Waals surface area contributed by atoms with Crippen LogP contribution in [-0.4, -0.2) is 9.67 Å². The fourth-order valence-corrected chi connectivity index (χ4v) is 5.32. The highest BCUT2D eigenvalue weighted by atomic mass is 16.5. The van der Waals surface area contributed by atoms with Crippen molar-refractivity contribution in [2.75, 3.05) is 0 Å². The molecule has 1 N–H and O–H groups in total. The van der Waals surface area contributed by atoms with Gasteiger partial charge in [-0.1, -0.05) is 79.7 Å². The summed E-state index contributed by atoms with van der Waals surface area (Å²) in [6.45, 7) is 3.95. The molecule has 0 saturated carbocycles. The molecule has 0 aliphatic rings. The molecular formula is C37H33NO3. The monoisotopic (exact) mass is 539 g/mol. The van der Waals surface area contributed by atoms with E-state index in [-0.39, 0.29) is 5.75 Å². The number of phenols is 1. The number of ether oxygens (including phenoxy) is 2. The van der Waals surface area contributed by atoms with Gasteiger partial charge in [-0.3, -0.25) is 0 Å². The normalized spacial score (nSPS) is 11.0. The molecule has 0 amide bonds. The molecule has 0 bridgehead atoms. The lowest BCUT2D eigenvalue weighted by molar-refractivity contribution is 0.306. The van der Waals surface area contributed by atoms with Crippen LogP contribution in [-0.2, 0) is 26.2 Å². The number of rotatable bonds is 10. The third-order valence-corrected chi connectivity index (χ3v) is 7.39. The summed E-state index contributed by atoms with van der Waals surface area (Å²) >= 11 is 0. The molecule has 0 saturated heterocycles. The van der Waals surface area contributed by atoms with E-state index < -0.39 is 0 Å². The zero-order valence-corrected chi connectivity index (χ0v) is 23.2. The molecule has 1 heterocycles. The van der Waals surface area contributed by atoms with E-state index in [1.54, 1.807) is 12.1 Å². The number of phenolic OH excluding ortho intramolecular Hbond substituents is 1. The summed E-state index contributed by atoms with van der Waals surface area (Å²) in [6.07, 6.45) is 0.878. The fraction of sp³-hybridized carbons (Fsp3) is 0.135. The number of aromatic nitrogens is 1. The Morgan fingerprint density at radius 1 is 0.610 bits per heavy atom. The van der Waals surface area contributed by atoms with Crippen LogP contribution in [0.15, 0.2) is 127 Å². The second-order valence-electron chi connectivity index (χ2n) is 10.2. The van der Waals surface area contributed by atoms with Crippen molar-refractivity contribution in [1.29, 1.82) is 0 Å². The molecule has 5 aromatic carbocycles. The number of aryl methyl sites for hydroxylation is 1. The van der Waals surface area contributed by atoms with Crippen LogP contribution >= 0.6 is 0 Å². The molecule has 4 nitrogen and oxygen atoms in total. The number of nitrogens with zero attached hydrogens (tertiary/aromatic N) is 1. The SMILES string of the molecule is CCc1c(-c2ccc(OCc3ccccc3)cc2)n(Cc2ccc(O)cc2)c2ccc(OCc3ccccc3)cc12. The van der Waals surface area contributed by atoms with Crippen molar-refractivity contribution in [2.24, 2.45) is 0 Å². The van der Waals surface area contributed by atoms with Crippen LogP contribution in [0, 0.1) is 0 Å². The van der Waals surface area contributed by atoms with Crippen molar-refractivity contribution in [3.8, 4) is 28.5 Å². The second kappa shape index (κ2) is 12.1. The third kappa shape index (κ3) is 5.97. The number of fused-ring (bicyclic) bond motifs is 1. The molecule has 41 heavy (non-hydrogen) atoms. The third-order valence-electron chi connectivity index (χ3n) is 7.39. The van der Waals surface area contributed by atoms with Gasteiger partial charge in [-0.2, -0.15) is 0 Å². The van der Waals surface area contributed by atoms with Gasteiger partial charge in [0, 0.05) is 17.4 Å². The Labute approximate surface area is 241 Å². The summed E-state index contributed by atoms with van der Waals surface area (Å²) in [4.78, 5) is 0. The molecule has 204 valence electrons. The van der Waals surface area contributed by atoms with E-state index in [0.717, 1.165) is 45.7 Å². The van der Waals surface area contributed by atoms with E-state index in [1.165, 1.54) is 16.6 Å². The van der Waals surface area contributed by atoms with Crippen LogP contribution in [0.5, 0.6) is 17.2 Å². The first kappa shape index (κ1) is 26.3. The fourth-order valence-electron chi connectivity index (χ4n) is 5.32. The van der Waals surface area contributed by atoms with Crippen LogP contribution in [0.2, 0.25) is 0 Å². The molecule has 0 atom stereocenters. The van der Waals surface area contributed by atoms with Gasteiger partial charge in [-0.25, -0.2) is 0 Å². The smallest absolute Gasteiger partial charge is 0.120 e. The minimum absolute atomic E-state index is 0.270. The maximum absolute atomic E-state index is 9.84. The van der Waals surface area contributed by atoms with Gasteiger partial charge in [0.05, 0.1) is 5.69 Å². The summed E-state index contributed by atoms with van der Waals surface area (Å²) in [5.41, 5.74) is 8.16. The molecule has 0 unspecified atom stereocenters. The first-order chi connectivity index (χ1) is 20.2. The Morgan fingerprint density at radius 2 is 1.20 bits per heavy atom. The van der Waals surface area contributed by atoms with Crippen molar-refractivity contribution in [3.63, 3.8) is 0 Å². The van der Waals surface area contributed by atoms with Gasteiger partial charge in [0.2, 0.25) is 0 Å². The lowest BCUT2D eigenvalue weighted by atomic mass is 10.0. The van der Waals surface area contributed by atoms with Gasteiger partial charge < -0.3 is 19.1 Å². The van der Waals surface area contributed by atoms with Gasteiger partial charge >= 0.3 is 0 Å². The van der Waals surface area contributed by atoms with Crippen LogP contribution in [0.4, 0.5) is 0 Å². The topological polar surface area (TPSA) is 43.6 Å². The Morgan fingerprint density at radius 3 is 1.80 bits per heavy atom. The van der Waals surface area contributed by atoms with Crippen LogP contribution < -0.4 is 9.47 Å². The van der Waals surface area contributed by atoms with E-state index in [1.807, 2.05) is 48.5 Å². The molecular weight excluding hydrogens is 506 g/mol. The van der Waals surface area contributed by atoms with E-state index in [4.69, 9.17) is 9.47 Å². The molecule has 0 fully saturated rings. The Bertz CT molecular complexity index is 1720. The van der Waals surface area contributed by atoms with Gasteiger partial charge in [0.1, 0.15) is 30.5 Å². The van der Waals surface area contributed by atoms with Crippen molar-refractivity contribution >= 4 is 10.9 Å².